The average molecular weight is 235 g/mol. The van der Waals surface area contributed by atoms with Gasteiger partial charge in [0.05, 0.1) is 5.52 Å². The largest absolute Gasteiger partial charge is 0.256 e. The van der Waals surface area contributed by atoms with Crippen molar-refractivity contribution in [2.45, 2.75) is 13.8 Å². The van der Waals surface area contributed by atoms with E-state index in [0.717, 1.165) is 5.52 Å². The molecule has 2 aromatic carbocycles. The van der Waals surface area contributed by atoms with Gasteiger partial charge in [0.1, 0.15) is 0 Å². The van der Waals surface area contributed by atoms with Crippen LogP contribution < -0.4 is 0 Å². The van der Waals surface area contributed by atoms with Gasteiger partial charge >= 0.3 is 0 Å². The molecule has 1 aromatic heterocycles. The van der Waals surface area contributed by atoms with E-state index in [9.17, 15) is 0 Å². The fourth-order valence-corrected chi connectivity index (χ4v) is 1.86. The van der Waals surface area contributed by atoms with Gasteiger partial charge in [-0.2, -0.15) is 0 Å². The molecule has 0 unspecified atom stereocenters. The van der Waals surface area contributed by atoms with Crippen LogP contribution in [-0.4, -0.2) is 4.98 Å². The number of hydrogen-bond donors (Lipinski definition) is 0. The van der Waals surface area contributed by atoms with Gasteiger partial charge in [0.2, 0.25) is 0 Å². The average Bonchev–Trinajstić information content (AvgIpc) is 2.50. The Hall–Kier alpha value is -2.15. The van der Waals surface area contributed by atoms with Crippen LogP contribution in [0, 0.1) is 0 Å². The number of pyridine rings is 1. The second-order valence-electron chi connectivity index (χ2n) is 3.78. The van der Waals surface area contributed by atoms with Crippen molar-refractivity contribution in [2.75, 3.05) is 0 Å². The fraction of sp³-hybridized carbons (Fsp3) is 0.118. The molecule has 0 aliphatic carbocycles. The molecule has 3 rings (SSSR count). The number of rotatable bonds is 1. The van der Waals surface area contributed by atoms with Crippen LogP contribution in [0.25, 0.3) is 22.0 Å². The monoisotopic (exact) mass is 235 g/mol. The second-order valence-corrected chi connectivity index (χ2v) is 3.78. The molecule has 0 amide bonds. The fourth-order valence-electron chi connectivity index (χ4n) is 1.86. The zero-order valence-electron chi connectivity index (χ0n) is 10.8. The lowest BCUT2D eigenvalue weighted by Crippen LogP contribution is -1.81. The van der Waals surface area contributed by atoms with Crippen LogP contribution in [0.2, 0.25) is 0 Å². The molecule has 0 N–H and O–H groups in total. The molecule has 18 heavy (non-hydrogen) atoms. The van der Waals surface area contributed by atoms with Gasteiger partial charge in [-0.15, -0.1) is 0 Å². The zero-order chi connectivity index (χ0) is 12.8. The molecule has 0 saturated carbocycles. The predicted molar refractivity (Wildman–Crippen MR) is 78.5 cm³/mol. The summed E-state index contributed by atoms with van der Waals surface area (Å²) in [5, 5.41) is 1.18. The summed E-state index contributed by atoms with van der Waals surface area (Å²) in [6, 6.07) is 20.7. The van der Waals surface area contributed by atoms with Crippen molar-refractivity contribution >= 4 is 10.9 Å². The van der Waals surface area contributed by atoms with Crippen LogP contribution >= 0.6 is 0 Å². The Labute approximate surface area is 108 Å². The van der Waals surface area contributed by atoms with E-state index < -0.39 is 0 Å². The highest BCUT2D eigenvalue weighted by molar-refractivity contribution is 5.83. The normalized spacial score (nSPS) is 9.67. The molecule has 0 radical (unpaired) electrons. The predicted octanol–water partition coefficient (Wildman–Crippen LogP) is 4.93. The summed E-state index contributed by atoms with van der Waals surface area (Å²) in [5.74, 6) is 0. The summed E-state index contributed by atoms with van der Waals surface area (Å²) in [5.41, 5.74) is 3.42. The van der Waals surface area contributed by atoms with E-state index in [-0.39, 0.29) is 0 Å². The van der Waals surface area contributed by atoms with Crippen LogP contribution in [0.15, 0.2) is 66.9 Å². The number of para-hydroxylation sites is 1. The number of hydrogen-bond acceptors (Lipinski definition) is 1. The molecule has 0 aliphatic rings. The van der Waals surface area contributed by atoms with Gasteiger partial charge in [0.15, 0.2) is 0 Å². The van der Waals surface area contributed by atoms with Gasteiger partial charge in [-0.25, -0.2) is 0 Å². The third-order valence-corrected chi connectivity index (χ3v) is 2.70. The minimum atomic E-state index is 1.04. The minimum Gasteiger partial charge on any atom is -0.256 e. The molecular formula is C17H17N. The maximum atomic E-state index is 4.46. The maximum absolute atomic E-state index is 4.46. The molecule has 0 atom stereocenters. The summed E-state index contributed by atoms with van der Waals surface area (Å²) in [7, 11) is 0. The summed E-state index contributed by atoms with van der Waals surface area (Å²) in [4.78, 5) is 4.46. The molecule has 3 aromatic rings. The Morgan fingerprint density at radius 2 is 1.39 bits per heavy atom. The van der Waals surface area contributed by atoms with E-state index in [4.69, 9.17) is 0 Å². The first-order chi connectivity index (χ1) is 8.93. The highest BCUT2D eigenvalue weighted by atomic mass is 14.6. The summed E-state index contributed by atoms with van der Waals surface area (Å²) in [6.07, 6.45) is 1.93. The SMILES string of the molecule is CC.c1ccc(-c2cnc3ccccc3c2)cc1. The Morgan fingerprint density at radius 1 is 0.722 bits per heavy atom. The van der Waals surface area contributed by atoms with Gasteiger partial charge in [-0.05, 0) is 17.7 Å². The Morgan fingerprint density at radius 3 is 2.17 bits per heavy atom. The van der Waals surface area contributed by atoms with Gasteiger partial charge in [0.25, 0.3) is 0 Å². The summed E-state index contributed by atoms with van der Waals surface area (Å²) >= 11 is 0. The molecule has 0 aliphatic heterocycles. The maximum Gasteiger partial charge on any atom is 0.0702 e. The Kier molecular flexibility index (Phi) is 4.08. The highest BCUT2D eigenvalue weighted by Gasteiger charge is 1.98. The van der Waals surface area contributed by atoms with Gasteiger partial charge < -0.3 is 0 Å². The highest BCUT2D eigenvalue weighted by Crippen LogP contribution is 2.21. The van der Waals surface area contributed by atoms with E-state index in [1.807, 2.05) is 56.4 Å². The van der Waals surface area contributed by atoms with Crippen LogP contribution in [0.1, 0.15) is 13.8 Å². The lowest BCUT2D eigenvalue weighted by molar-refractivity contribution is 1.41. The van der Waals surface area contributed by atoms with Crippen molar-refractivity contribution in [3.05, 3.63) is 66.9 Å². The third kappa shape index (κ3) is 2.57. The number of fused-ring (bicyclic) bond motifs is 1. The molecule has 1 heterocycles. The molecule has 0 spiro atoms. The van der Waals surface area contributed by atoms with Crippen LogP contribution in [-0.2, 0) is 0 Å². The Bertz CT molecular complexity index is 615. The van der Waals surface area contributed by atoms with Gasteiger partial charge in [-0.3, -0.25) is 4.98 Å². The molecule has 1 heteroatoms. The molecule has 0 bridgehead atoms. The van der Waals surface area contributed by atoms with Crippen molar-refractivity contribution in [2.24, 2.45) is 0 Å². The second kappa shape index (κ2) is 5.97. The molecular weight excluding hydrogens is 218 g/mol. The van der Waals surface area contributed by atoms with Gasteiger partial charge in [-0.1, -0.05) is 62.4 Å². The number of benzene rings is 2. The van der Waals surface area contributed by atoms with E-state index in [0.29, 0.717) is 0 Å². The van der Waals surface area contributed by atoms with E-state index in [2.05, 4.69) is 29.2 Å². The first-order valence-electron chi connectivity index (χ1n) is 6.34. The van der Waals surface area contributed by atoms with Crippen molar-refractivity contribution in [3.63, 3.8) is 0 Å². The quantitative estimate of drug-likeness (QED) is 0.583. The molecule has 0 saturated heterocycles. The van der Waals surface area contributed by atoms with E-state index in [1.54, 1.807) is 0 Å². The van der Waals surface area contributed by atoms with Crippen molar-refractivity contribution < 1.29 is 0 Å². The molecule has 1 nitrogen and oxygen atoms in total. The first-order valence-corrected chi connectivity index (χ1v) is 6.34. The lowest BCUT2D eigenvalue weighted by Gasteiger charge is -2.02. The topological polar surface area (TPSA) is 12.9 Å². The van der Waals surface area contributed by atoms with E-state index >= 15 is 0 Å². The zero-order valence-corrected chi connectivity index (χ0v) is 10.8. The summed E-state index contributed by atoms with van der Waals surface area (Å²) < 4.78 is 0. The number of aromatic nitrogens is 1. The molecule has 90 valence electrons. The van der Waals surface area contributed by atoms with Crippen LogP contribution in [0.3, 0.4) is 0 Å². The van der Waals surface area contributed by atoms with Crippen molar-refractivity contribution in [3.8, 4) is 11.1 Å². The first kappa shape index (κ1) is 12.3. The summed E-state index contributed by atoms with van der Waals surface area (Å²) in [6.45, 7) is 4.00. The van der Waals surface area contributed by atoms with E-state index in [1.165, 1.54) is 16.5 Å². The van der Waals surface area contributed by atoms with Crippen molar-refractivity contribution in [1.29, 1.82) is 0 Å². The lowest BCUT2D eigenvalue weighted by atomic mass is 10.1. The minimum absolute atomic E-state index is 1.04. The smallest absolute Gasteiger partial charge is 0.0702 e. The molecule has 0 fully saturated rings. The third-order valence-electron chi connectivity index (χ3n) is 2.70. The van der Waals surface area contributed by atoms with Gasteiger partial charge in [0, 0.05) is 17.1 Å². The Balaban J connectivity index is 0.000000574. The standard InChI is InChI=1S/C15H11N.C2H6/c1-2-6-12(7-3-1)14-10-13-8-4-5-9-15(13)16-11-14;1-2/h1-11H;1-2H3. The van der Waals surface area contributed by atoms with Crippen molar-refractivity contribution in [1.82, 2.24) is 4.98 Å². The van der Waals surface area contributed by atoms with Crippen LogP contribution in [0.5, 0.6) is 0 Å². The number of nitrogens with zero attached hydrogens (tertiary/aromatic N) is 1. The van der Waals surface area contributed by atoms with Crippen LogP contribution in [0.4, 0.5) is 0 Å².